The lowest BCUT2D eigenvalue weighted by atomic mass is 9.91. The van der Waals surface area contributed by atoms with E-state index in [1.807, 2.05) is 0 Å². The summed E-state index contributed by atoms with van der Waals surface area (Å²) in [6.45, 7) is 6.92. The minimum atomic E-state index is 0.184. The lowest BCUT2D eigenvalue weighted by Crippen LogP contribution is -2.08. The first-order chi connectivity index (χ1) is 7.07. The first-order valence-corrected chi connectivity index (χ1v) is 5.74. The maximum Gasteiger partial charge on any atom is 0.0487 e. The molecular formula is C14H20O. The lowest BCUT2D eigenvalue weighted by molar-refractivity contribution is 0.207. The van der Waals surface area contributed by atoms with Crippen molar-refractivity contribution >= 4 is 0 Å². The zero-order chi connectivity index (χ0) is 11.1. The third-order valence-corrected chi connectivity index (χ3v) is 3.95. The summed E-state index contributed by atoms with van der Waals surface area (Å²) in [5, 5.41) is 9.29. The molecule has 0 unspecified atom stereocenters. The summed E-state index contributed by atoms with van der Waals surface area (Å²) < 4.78 is 0. The molecule has 0 heterocycles. The van der Waals surface area contributed by atoms with Gasteiger partial charge in [0.25, 0.3) is 0 Å². The fourth-order valence-corrected chi connectivity index (χ4v) is 2.59. The van der Waals surface area contributed by atoms with E-state index in [1.165, 1.54) is 17.5 Å². The summed E-state index contributed by atoms with van der Waals surface area (Å²) in [4.78, 5) is 0. The number of aliphatic hydroxyl groups is 1. The maximum absolute atomic E-state index is 9.29. The van der Waals surface area contributed by atoms with Crippen LogP contribution in [0.25, 0.3) is 0 Å². The highest BCUT2D eigenvalue weighted by Crippen LogP contribution is 2.58. The van der Waals surface area contributed by atoms with Gasteiger partial charge in [-0.2, -0.15) is 0 Å². The second-order valence-corrected chi connectivity index (χ2v) is 5.33. The van der Waals surface area contributed by atoms with Gasteiger partial charge in [-0.15, -0.1) is 0 Å². The van der Waals surface area contributed by atoms with Crippen LogP contribution in [-0.2, 0) is 0 Å². The molecule has 1 aromatic rings. The number of benzene rings is 1. The minimum Gasteiger partial charge on any atom is -0.396 e. The van der Waals surface area contributed by atoms with Gasteiger partial charge in [0.05, 0.1) is 0 Å². The molecule has 0 saturated heterocycles. The Morgan fingerprint density at radius 3 is 2.80 bits per heavy atom. The van der Waals surface area contributed by atoms with Crippen LogP contribution in [0.4, 0.5) is 0 Å². The highest BCUT2D eigenvalue weighted by Gasteiger charge is 2.52. The molecule has 1 aliphatic carbocycles. The standard InChI is InChI=1S/C14H20O/c1-10-5-4-6-12(7-10)11(2)13-8-14(13,3)9-15/h4-7,11,13,15H,8-9H2,1-3H3/t11-,13+,14-/m1/s1. The van der Waals surface area contributed by atoms with E-state index in [4.69, 9.17) is 0 Å². The Balaban J connectivity index is 2.13. The van der Waals surface area contributed by atoms with Gasteiger partial charge in [-0.05, 0) is 36.2 Å². The Morgan fingerprint density at radius 2 is 2.27 bits per heavy atom. The van der Waals surface area contributed by atoms with Gasteiger partial charge in [-0.25, -0.2) is 0 Å². The van der Waals surface area contributed by atoms with E-state index < -0.39 is 0 Å². The van der Waals surface area contributed by atoms with Gasteiger partial charge in [0.1, 0.15) is 0 Å². The van der Waals surface area contributed by atoms with E-state index in [0.717, 1.165) is 0 Å². The molecule has 0 bridgehead atoms. The number of aryl methyl sites for hydroxylation is 1. The predicted octanol–water partition coefficient (Wildman–Crippen LogP) is 3.12. The molecule has 1 fully saturated rings. The van der Waals surface area contributed by atoms with Crippen molar-refractivity contribution in [2.24, 2.45) is 11.3 Å². The first-order valence-electron chi connectivity index (χ1n) is 5.74. The lowest BCUT2D eigenvalue weighted by Gasteiger charge is -2.15. The number of hydrogen-bond donors (Lipinski definition) is 1. The van der Waals surface area contributed by atoms with Crippen molar-refractivity contribution in [3.8, 4) is 0 Å². The first kappa shape index (κ1) is 10.7. The summed E-state index contributed by atoms with van der Waals surface area (Å²) >= 11 is 0. The van der Waals surface area contributed by atoms with Crippen LogP contribution < -0.4 is 0 Å². The van der Waals surface area contributed by atoms with Gasteiger partial charge >= 0.3 is 0 Å². The molecule has 2 rings (SSSR count). The fraction of sp³-hybridized carbons (Fsp3) is 0.571. The van der Waals surface area contributed by atoms with E-state index in [0.29, 0.717) is 18.4 Å². The molecule has 0 amide bonds. The Labute approximate surface area is 92.1 Å². The second-order valence-electron chi connectivity index (χ2n) is 5.33. The third kappa shape index (κ3) is 1.93. The molecule has 1 N–H and O–H groups in total. The Morgan fingerprint density at radius 1 is 1.53 bits per heavy atom. The number of hydrogen-bond acceptors (Lipinski definition) is 1. The minimum absolute atomic E-state index is 0.184. The van der Waals surface area contributed by atoms with Crippen molar-refractivity contribution in [1.29, 1.82) is 0 Å². The smallest absolute Gasteiger partial charge is 0.0487 e. The molecule has 1 aliphatic rings. The predicted molar refractivity (Wildman–Crippen MR) is 62.9 cm³/mol. The van der Waals surface area contributed by atoms with Crippen LogP contribution in [0, 0.1) is 18.3 Å². The SMILES string of the molecule is Cc1cccc([C@@H](C)[C@@H]2C[C@]2(C)CO)c1. The Hall–Kier alpha value is -0.820. The average Bonchev–Trinajstić information content (AvgIpc) is 2.91. The zero-order valence-electron chi connectivity index (χ0n) is 9.83. The molecule has 0 spiro atoms. The van der Waals surface area contributed by atoms with Crippen molar-refractivity contribution in [3.05, 3.63) is 35.4 Å². The van der Waals surface area contributed by atoms with Crippen LogP contribution in [0.3, 0.4) is 0 Å². The molecule has 1 heteroatoms. The Bertz CT molecular complexity index is 358. The molecule has 1 aromatic carbocycles. The fourth-order valence-electron chi connectivity index (χ4n) is 2.59. The van der Waals surface area contributed by atoms with Gasteiger partial charge in [0.15, 0.2) is 0 Å². The quantitative estimate of drug-likeness (QED) is 0.802. The van der Waals surface area contributed by atoms with Crippen LogP contribution in [-0.4, -0.2) is 11.7 Å². The average molecular weight is 204 g/mol. The monoisotopic (exact) mass is 204 g/mol. The summed E-state index contributed by atoms with van der Waals surface area (Å²) in [5.41, 5.74) is 2.92. The molecule has 0 aliphatic heterocycles. The maximum atomic E-state index is 9.29. The van der Waals surface area contributed by atoms with Crippen molar-refractivity contribution < 1.29 is 5.11 Å². The van der Waals surface area contributed by atoms with Gasteiger partial charge in [-0.1, -0.05) is 43.7 Å². The van der Waals surface area contributed by atoms with Crippen LogP contribution in [0.1, 0.15) is 37.3 Å². The van der Waals surface area contributed by atoms with Gasteiger partial charge in [0.2, 0.25) is 0 Å². The topological polar surface area (TPSA) is 20.2 Å². The van der Waals surface area contributed by atoms with Crippen LogP contribution in [0.15, 0.2) is 24.3 Å². The van der Waals surface area contributed by atoms with Crippen LogP contribution in [0.2, 0.25) is 0 Å². The van der Waals surface area contributed by atoms with E-state index in [9.17, 15) is 5.11 Å². The Kier molecular flexibility index (Phi) is 2.59. The summed E-state index contributed by atoms with van der Waals surface area (Å²) in [5.74, 6) is 1.23. The molecule has 3 atom stereocenters. The molecule has 82 valence electrons. The molecule has 0 aromatic heterocycles. The number of aliphatic hydroxyl groups excluding tert-OH is 1. The highest BCUT2D eigenvalue weighted by molar-refractivity contribution is 5.27. The summed E-state index contributed by atoms with van der Waals surface area (Å²) in [6, 6.07) is 8.72. The molecule has 1 nitrogen and oxygen atoms in total. The van der Waals surface area contributed by atoms with Gasteiger partial charge in [0, 0.05) is 6.61 Å². The van der Waals surface area contributed by atoms with E-state index >= 15 is 0 Å². The normalized spacial score (nSPS) is 31.3. The van der Waals surface area contributed by atoms with Crippen molar-refractivity contribution in [3.63, 3.8) is 0 Å². The van der Waals surface area contributed by atoms with E-state index in [-0.39, 0.29) is 5.41 Å². The van der Waals surface area contributed by atoms with Crippen molar-refractivity contribution in [2.45, 2.75) is 33.1 Å². The molecule has 1 saturated carbocycles. The van der Waals surface area contributed by atoms with Crippen LogP contribution in [0.5, 0.6) is 0 Å². The molecular weight excluding hydrogens is 184 g/mol. The second kappa shape index (κ2) is 3.64. The van der Waals surface area contributed by atoms with Crippen LogP contribution >= 0.6 is 0 Å². The van der Waals surface area contributed by atoms with E-state index in [2.05, 4.69) is 45.0 Å². The third-order valence-electron chi connectivity index (χ3n) is 3.95. The van der Waals surface area contributed by atoms with Gasteiger partial charge < -0.3 is 5.11 Å². The van der Waals surface area contributed by atoms with Gasteiger partial charge in [-0.3, -0.25) is 0 Å². The zero-order valence-corrected chi connectivity index (χ0v) is 9.83. The summed E-state index contributed by atoms with van der Waals surface area (Å²) in [6.07, 6.45) is 1.17. The molecule has 15 heavy (non-hydrogen) atoms. The number of rotatable bonds is 3. The summed E-state index contributed by atoms with van der Waals surface area (Å²) in [7, 11) is 0. The van der Waals surface area contributed by atoms with Crippen molar-refractivity contribution in [1.82, 2.24) is 0 Å². The molecule has 0 radical (unpaired) electrons. The highest BCUT2D eigenvalue weighted by atomic mass is 16.3. The largest absolute Gasteiger partial charge is 0.396 e. The van der Waals surface area contributed by atoms with Crippen molar-refractivity contribution in [2.75, 3.05) is 6.61 Å². The van der Waals surface area contributed by atoms with E-state index in [1.54, 1.807) is 0 Å².